The fraction of sp³-hybridized carbons (Fsp3) is 0.250. The first-order valence-electron chi connectivity index (χ1n) is 5.57. The maximum absolute atomic E-state index is 11.6. The lowest BCUT2D eigenvalue weighted by molar-refractivity contribution is -0.118. The van der Waals surface area contributed by atoms with Crippen LogP contribution in [0.4, 0.5) is 5.95 Å². The third kappa shape index (κ3) is 3.14. The van der Waals surface area contributed by atoms with E-state index in [1.165, 1.54) is 0 Å². The molecular weight excluding hydrogens is 232 g/mol. The Labute approximate surface area is 104 Å². The zero-order valence-corrected chi connectivity index (χ0v) is 9.92. The number of nitrogens with one attached hydrogen (secondary N) is 2. The number of carbonyl (C=O) groups is 1. The second kappa shape index (κ2) is 5.42. The second-order valence-electron chi connectivity index (χ2n) is 3.92. The maximum Gasteiger partial charge on any atom is 0.248 e. The van der Waals surface area contributed by atoms with Gasteiger partial charge in [0.2, 0.25) is 11.9 Å². The normalized spacial score (nSPS) is 12.1. The van der Waals surface area contributed by atoms with Gasteiger partial charge in [-0.2, -0.15) is 4.98 Å². The maximum atomic E-state index is 11.6. The summed E-state index contributed by atoms with van der Waals surface area (Å²) in [6.45, 7) is 1.74. The summed E-state index contributed by atoms with van der Waals surface area (Å²) in [4.78, 5) is 15.6. The van der Waals surface area contributed by atoms with Gasteiger partial charge in [-0.25, -0.2) is 0 Å². The van der Waals surface area contributed by atoms with E-state index in [9.17, 15) is 9.90 Å². The van der Waals surface area contributed by atoms with Crippen LogP contribution in [0.15, 0.2) is 30.3 Å². The number of aliphatic hydroxyl groups is 1. The van der Waals surface area contributed by atoms with Crippen LogP contribution in [0.5, 0.6) is 0 Å². The van der Waals surface area contributed by atoms with Gasteiger partial charge >= 0.3 is 0 Å². The Morgan fingerprint density at radius 3 is 2.78 bits per heavy atom. The molecule has 2 aromatic rings. The lowest BCUT2D eigenvalue weighted by Gasteiger charge is -2.09. The monoisotopic (exact) mass is 246 g/mol. The second-order valence-corrected chi connectivity index (χ2v) is 3.92. The van der Waals surface area contributed by atoms with Gasteiger partial charge in [-0.1, -0.05) is 30.3 Å². The first kappa shape index (κ1) is 12.3. The Bertz CT molecular complexity index is 524. The van der Waals surface area contributed by atoms with Gasteiger partial charge in [-0.15, -0.1) is 5.10 Å². The molecule has 0 fully saturated rings. The van der Waals surface area contributed by atoms with E-state index < -0.39 is 6.10 Å². The number of anilines is 1. The van der Waals surface area contributed by atoms with Gasteiger partial charge < -0.3 is 5.11 Å². The molecule has 0 bridgehead atoms. The number of rotatable bonds is 4. The summed E-state index contributed by atoms with van der Waals surface area (Å²) in [5.41, 5.74) is 0.707. The van der Waals surface area contributed by atoms with Crippen molar-refractivity contribution >= 4 is 11.9 Å². The molecule has 0 radical (unpaired) electrons. The van der Waals surface area contributed by atoms with Crippen LogP contribution >= 0.6 is 0 Å². The Balaban J connectivity index is 1.92. The molecule has 0 spiro atoms. The largest absolute Gasteiger partial charge is 0.388 e. The molecule has 18 heavy (non-hydrogen) atoms. The smallest absolute Gasteiger partial charge is 0.248 e. The number of aromatic nitrogens is 3. The van der Waals surface area contributed by atoms with Crippen molar-refractivity contribution in [1.29, 1.82) is 0 Å². The third-order valence-corrected chi connectivity index (χ3v) is 2.41. The number of H-pyrrole nitrogens is 1. The zero-order chi connectivity index (χ0) is 13.0. The van der Waals surface area contributed by atoms with E-state index >= 15 is 0 Å². The molecule has 6 nitrogen and oxygen atoms in total. The predicted molar refractivity (Wildman–Crippen MR) is 65.8 cm³/mol. The summed E-state index contributed by atoms with van der Waals surface area (Å²) in [7, 11) is 0. The van der Waals surface area contributed by atoms with Crippen molar-refractivity contribution in [3.05, 3.63) is 41.7 Å². The summed E-state index contributed by atoms with van der Waals surface area (Å²) in [6, 6.07) is 9.03. The standard InChI is InChI=1S/C12H14N4O2/c1-8-13-12(16-15-8)14-11(18)7-10(17)9-5-3-2-4-6-9/h2-6,10,17H,7H2,1H3,(H2,13,14,15,16,18). The predicted octanol–water partition coefficient (Wildman–Crippen LogP) is 1.18. The van der Waals surface area contributed by atoms with Crippen LogP contribution in [0.1, 0.15) is 23.9 Å². The number of hydrogen-bond donors (Lipinski definition) is 3. The fourth-order valence-electron chi connectivity index (χ4n) is 1.54. The number of nitrogens with zero attached hydrogens (tertiary/aromatic N) is 2. The van der Waals surface area contributed by atoms with E-state index in [1.54, 1.807) is 19.1 Å². The fourth-order valence-corrected chi connectivity index (χ4v) is 1.54. The van der Waals surface area contributed by atoms with E-state index in [-0.39, 0.29) is 18.3 Å². The molecule has 1 atom stereocenters. The SMILES string of the molecule is Cc1nc(NC(=O)CC(O)c2ccccc2)n[nH]1. The molecule has 0 saturated carbocycles. The van der Waals surface area contributed by atoms with Crippen molar-refractivity contribution in [3.8, 4) is 0 Å². The first-order chi connectivity index (χ1) is 8.65. The van der Waals surface area contributed by atoms with E-state index in [1.807, 2.05) is 18.2 Å². The molecule has 1 aromatic heterocycles. The zero-order valence-electron chi connectivity index (χ0n) is 9.92. The number of hydrogen-bond acceptors (Lipinski definition) is 4. The lowest BCUT2D eigenvalue weighted by atomic mass is 10.1. The topological polar surface area (TPSA) is 90.9 Å². The van der Waals surface area contributed by atoms with Crippen molar-refractivity contribution < 1.29 is 9.90 Å². The van der Waals surface area contributed by atoms with E-state index in [0.717, 1.165) is 0 Å². The van der Waals surface area contributed by atoms with Crippen molar-refractivity contribution in [3.63, 3.8) is 0 Å². The summed E-state index contributed by atoms with van der Waals surface area (Å²) in [6.07, 6.45) is -0.858. The molecular formula is C12H14N4O2. The average Bonchev–Trinajstić information content (AvgIpc) is 2.75. The summed E-state index contributed by atoms with van der Waals surface area (Å²) >= 11 is 0. The number of aromatic amines is 1. The van der Waals surface area contributed by atoms with Crippen molar-refractivity contribution in [2.45, 2.75) is 19.4 Å². The van der Waals surface area contributed by atoms with Crippen LogP contribution in [0.25, 0.3) is 0 Å². The van der Waals surface area contributed by atoms with E-state index in [2.05, 4.69) is 20.5 Å². The minimum atomic E-state index is -0.828. The van der Waals surface area contributed by atoms with Crippen molar-refractivity contribution in [2.24, 2.45) is 0 Å². The van der Waals surface area contributed by atoms with Gasteiger partial charge in [0.25, 0.3) is 0 Å². The van der Waals surface area contributed by atoms with Crippen LogP contribution in [0.2, 0.25) is 0 Å². The van der Waals surface area contributed by atoms with Crippen LogP contribution in [0.3, 0.4) is 0 Å². The molecule has 1 unspecified atom stereocenters. The van der Waals surface area contributed by atoms with Gasteiger partial charge in [0.05, 0.1) is 12.5 Å². The highest BCUT2D eigenvalue weighted by Gasteiger charge is 2.14. The van der Waals surface area contributed by atoms with Crippen molar-refractivity contribution in [1.82, 2.24) is 15.2 Å². The number of aryl methyl sites for hydroxylation is 1. The van der Waals surface area contributed by atoms with Crippen LogP contribution in [0, 0.1) is 6.92 Å². The Kier molecular flexibility index (Phi) is 3.69. The number of aliphatic hydroxyl groups excluding tert-OH is 1. The highest BCUT2D eigenvalue weighted by molar-refractivity contribution is 5.89. The average molecular weight is 246 g/mol. The molecule has 0 saturated heterocycles. The minimum absolute atomic E-state index is 0.0302. The number of carbonyl (C=O) groups excluding carboxylic acids is 1. The summed E-state index contributed by atoms with van der Waals surface area (Å²) in [5, 5.41) is 18.8. The Morgan fingerprint density at radius 2 is 2.17 bits per heavy atom. The quantitative estimate of drug-likeness (QED) is 0.755. The van der Waals surface area contributed by atoms with Gasteiger partial charge in [0, 0.05) is 0 Å². The van der Waals surface area contributed by atoms with E-state index in [0.29, 0.717) is 11.4 Å². The van der Waals surface area contributed by atoms with E-state index in [4.69, 9.17) is 0 Å². The lowest BCUT2D eigenvalue weighted by Crippen LogP contribution is -2.16. The number of benzene rings is 1. The molecule has 1 amide bonds. The van der Waals surface area contributed by atoms with Crippen LogP contribution in [-0.2, 0) is 4.79 Å². The number of amides is 1. The first-order valence-corrected chi connectivity index (χ1v) is 5.57. The molecule has 0 aliphatic rings. The minimum Gasteiger partial charge on any atom is -0.388 e. The van der Waals surface area contributed by atoms with Gasteiger partial charge in [-0.3, -0.25) is 15.2 Å². The van der Waals surface area contributed by atoms with Gasteiger partial charge in [0.15, 0.2) is 0 Å². The Morgan fingerprint density at radius 1 is 1.44 bits per heavy atom. The molecule has 6 heteroatoms. The molecule has 0 aliphatic carbocycles. The summed E-state index contributed by atoms with van der Waals surface area (Å²) in [5.74, 6) is 0.511. The summed E-state index contributed by atoms with van der Waals surface area (Å²) < 4.78 is 0. The Hall–Kier alpha value is -2.21. The third-order valence-electron chi connectivity index (χ3n) is 2.41. The van der Waals surface area contributed by atoms with Gasteiger partial charge in [-0.05, 0) is 12.5 Å². The molecule has 1 heterocycles. The highest BCUT2D eigenvalue weighted by Crippen LogP contribution is 2.16. The molecule has 0 aliphatic heterocycles. The molecule has 2 rings (SSSR count). The van der Waals surface area contributed by atoms with Gasteiger partial charge in [0.1, 0.15) is 5.82 Å². The molecule has 3 N–H and O–H groups in total. The van der Waals surface area contributed by atoms with Crippen LogP contribution in [-0.4, -0.2) is 26.2 Å². The molecule has 1 aromatic carbocycles. The van der Waals surface area contributed by atoms with Crippen molar-refractivity contribution in [2.75, 3.05) is 5.32 Å². The molecule has 94 valence electrons. The highest BCUT2D eigenvalue weighted by atomic mass is 16.3. The van der Waals surface area contributed by atoms with Crippen LogP contribution < -0.4 is 5.32 Å².